The number of ether oxygens (including phenoxy) is 1. The van der Waals surface area contributed by atoms with Crippen LogP contribution in [0, 0.1) is 19.3 Å². The first kappa shape index (κ1) is 9.54. The molecule has 0 bridgehead atoms. The second-order valence-electron chi connectivity index (χ2n) is 3.30. The van der Waals surface area contributed by atoms with E-state index in [0.717, 1.165) is 22.3 Å². The molecule has 15 heavy (non-hydrogen) atoms. The van der Waals surface area contributed by atoms with Crippen molar-refractivity contribution in [2.45, 2.75) is 6.92 Å². The van der Waals surface area contributed by atoms with Gasteiger partial charge in [-0.25, -0.2) is 0 Å². The van der Waals surface area contributed by atoms with Crippen molar-refractivity contribution in [2.24, 2.45) is 0 Å². The molecular weight excluding hydrogens is 186 g/mol. The van der Waals surface area contributed by atoms with Gasteiger partial charge < -0.3 is 4.74 Å². The fraction of sp³-hybridized carbons (Fsp3) is 0.154. The van der Waals surface area contributed by atoms with Crippen LogP contribution in [-0.2, 0) is 0 Å². The SMILES string of the molecule is C#CCOc1ccc2nc(C)ccc2c1. The Labute approximate surface area is 88.9 Å². The standard InChI is InChI=1S/C13H11NO/c1-3-8-15-12-6-7-13-11(9-12)5-4-10(2)14-13/h1,4-7,9H,8H2,2H3. The van der Waals surface area contributed by atoms with Crippen LogP contribution in [0.3, 0.4) is 0 Å². The van der Waals surface area contributed by atoms with Gasteiger partial charge in [0.25, 0.3) is 0 Å². The Balaban J connectivity index is 2.40. The largest absolute Gasteiger partial charge is 0.481 e. The molecule has 1 aromatic carbocycles. The zero-order valence-electron chi connectivity index (χ0n) is 8.53. The van der Waals surface area contributed by atoms with Crippen LogP contribution in [0.15, 0.2) is 30.3 Å². The molecule has 1 aromatic heterocycles. The third-order valence-corrected chi connectivity index (χ3v) is 2.12. The van der Waals surface area contributed by atoms with E-state index >= 15 is 0 Å². The van der Waals surface area contributed by atoms with Crippen LogP contribution < -0.4 is 4.74 Å². The molecule has 2 aromatic rings. The van der Waals surface area contributed by atoms with E-state index < -0.39 is 0 Å². The summed E-state index contributed by atoms with van der Waals surface area (Å²) in [6.07, 6.45) is 5.12. The molecule has 0 aliphatic carbocycles. The van der Waals surface area contributed by atoms with Crippen LogP contribution in [0.5, 0.6) is 5.75 Å². The lowest BCUT2D eigenvalue weighted by molar-refractivity contribution is 0.371. The van der Waals surface area contributed by atoms with Crippen LogP contribution in [0.1, 0.15) is 5.69 Å². The molecule has 74 valence electrons. The summed E-state index contributed by atoms with van der Waals surface area (Å²) < 4.78 is 5.33. The number of nitrogens with zero attached hydrogens (tertiary/aromatic N) is 1. The zero-order chi connectivity index (χ0) is 10.7. The highest BCUT2D eigenvalue weighted by atomic mass is 16.5. The molecule has 0 unspecified atom stereocenters. The summed E-state index contributed by atoms with van der Waals surface area (Å²) in [4.78, 5) is 4.40. The molecule has 0 radical (unpaired) electrons. The smallest absolute Gasteiger partial charge is 0.148 e. The highest BCUT2D eigenvalue weighted by Crippen LogP contribution is 2.19. The van der Waals surface area contributed by atoms with Crippen LogP contribution in [-0.4, -0.2) is 11.6 Å². The fourth-order valence-corrected chi connectivity index (χ4v) is 1.42. The monoisotopic (exact) mass is 197 g/mol. The minimum absolute atomic E-state index is 0.296. The maximum Gasteiger partial charge on any atom is 0.148 e. The van der Waals surface area contributed by atoms with Crippen molar-refractivity contribution in [2.75, 3.05) is 6.61 Å². The quantitative estimate of drug-likeness (QED) is 0.690. The molecule has 2 heteroatoms. The van der Waals surface area contributed by atoms with Crippen LogP contribution in [0.25, 0.3) is 10.9 Å². The number of pyridine rings is 1. The van der Waals surface area contributed by atoms with E-state index in [9.17, 15) is 0 Å². The van der Waals surface area contributed by atoms with Crippen LogP contribution >= 0.6 is 0 Å². The number of hydrogen-bond donors (Lipinski definition) is 0. The van der Waals surface area contributed by atoms with E-state index in [-0.39, 0.29) is 0 Å². The first-order chi connectivity index (χ1) is 7.29. The van der Waals surface area contributed by atoms with Crippen molar-refractivity contribution in [1.29, 1.82) is 0 Å². The average Bonchev–Trinajstić information content (AvgIpc) is 2.26. The van der Waals surface area contributed by atoms with E-state index in [1.807, 2.05) is 37.3 Å². The van der Waals surface area contributed by atoms with Gasteiger partial charge in [0, 0.05) is 11.1 Å². The summed E-state index contributed by atoms with van der Waals surface area (Å²) in [5, 5.41) is 1.06. The number of aryl methyl sites for hydroxylation is 1. The number of fused-ring (bicyclic) bond motifs is 1. The first-order valence-corrected chi connectivity index (χ1v) is 4.73. The average molecular weight is 197 g/mol. The Morgan fingerprint density at radius 2 is 2.20 bits per heavy atom. The lowest BCUT2D eigenvalue weighted by Gasteiger charge is -2.04. The lowest BCUT2D eigenvalue weighted by Crippen LogP contribution is -1.93. The molecule has 0 amide bonds. The maximum atomic E-state index is 5.33. The van der Waals surface area contributed by atoms with Gasteiger partial charge in [0.05, 0.1) is 5.52 Å². The van der Waals surface area contributed by atoms with Gasteiger partial charge in [0.1, 0.15) is 12.4 Å². The highest BCUT2D eigenvalue weighted by molar-refractivity contribution is 5.80. The van der Waals surface area contributed by atoms with E-state index in [1.165, 1.54) is 0 Å². The molecule has 0 N–H and O–H groups in total. The predicted molar refractivity (Wildman–Crippen MR) is 60.8 cm³/mol. The van der Waals surface area contributed by atoms with E-state index in [0.29, 0.717) is 6.61 Å². The summed E-state index contributed by atoms with van der Waals surface area (Å²) in [7, 11) is 0. The molecule has 0 spiro atoms. The first-order valence-electron chi connectivity index (χ1n) is 4.73. The van der Waals surface area contributed by atoms with Crippen LogP contribution in [0.2, 0.25) is 0 Å². The van der Waals surface area contributed by atoms with Gasteiger partial charge in [-0.2, -0.15) is 0 Å². The van der Waals surface area contributed by atoms with Gasteiger partial charge in [-0.15, -0.1) is 6.42 Å². The number of hydrogen-bond acceptors (Lipinski definition) is 2. The minimum Gasteiger partial charge on any atom is -0.481 e. The van der Waals surface area contributed by atoms with E-state index in [4.69, 9.17) is 11.2 Å². The minimum atomic E-state index is 0.296. The normalized spacial score (nSPS) is 9.87. The Morgan fingerprint density at radius 3 is 3.00 bits per heavy atom. The third-order valence-electron chi connectivity index (χ3n) is 2.12. The Hall–Kier alpha value is -2.01. The Kier molecular flexibility index (Phi) is 2.55. The Morgan fingerprint density at radius 1 is 1.33 bits per heavy atom. The summed E-state index contributed by atoms with van der Waals surface area (Å²) in [5.41, 5.74) is 1.99. The van der Waals surface area contributed by atoms with Crippen molar-refractivity contribution in [3.8, 4) is 18.1 Å². The second kappa shape index (κ2) is 4.02. The van der Waals surface area contributed by atoms with Crippen molar-refractivity contribution in [1.82, 2.24) is 4.98 Å². The maximum absolute atomic E-state index is 5.33. The third kappa shape index (κ3) is 2.08. The van der Waals surface area contributed by atoms with Gasteiger partial charge in [-0.3, -0.25) is 4.98 Å². The molecule has 0 fully saturated rings. The van der Waals surface area contributed by atoms with Gasteiger partial charge in [-0.1, -0.05) is 12.0 Å². The van der Waals surface area contributed by atoms with Crippen molar-refractivity contribution >= 4 is 10.9 Å². The van der Waals surface area contributed by atoms with Crippen molar-refractivity contribution in [3.05, 3.63) is 36.0 Å². The lowest BCUT2D eigenvalue weighted by atomic mass is 10.2. The molecule has 1 heterocycles. The highest BCUT2D eigenvalue weighted by Gasteiger charge is 1.98. The molecule has 2 rings (SSSR count). The number of aromatic nitrogens is 1. The number of rotatable bonds is 2. The van der Waals surface area contributed by atoms with E-state index in [1.54, 1.807) is 0 Å². The second-order valence-corrected chi connectivity index (χ2v) is 3.30. The van der Waals surface area contributed by atoms with Gasteiger partial charge in [-0.05, 0) is 31.2 Å². The topological polar surface area (TPSA) is 22.1 Å². The Bertz CT molecular complexity index is 526. The zero-order valence-corrected chi connectivity index (χ0v) is 8.53. The van der Waals surface area contributed by atoms with Crippen molar-refractivity contribution < 1.29 is 4.74 Å². The fourth-order valence-electron chi connectivity index (χ4n) is 1.42. The molecule has 2 nitrogen and oxygen atoms in total. The number of terminal acetylenes is 1. The van der Waals surface area contributed by atoms with Gasteiger partial charge >= 0.3 is 0 Å². The predicted octanol–water partition coefficient (Wildman–Crippen LogP) is 2.56. The summed E-state index contributed by atoms with van der Waals surface area (Å²) in [6, 6.07) is 9.77. The van der Waals surface area contributed by atoms with Gasteiger partial charge in [0.15, 0.2) is 0 Å². The molecule has 0 atom stereocenters. The van der Waals surface area contributed by atoms with Crippen molar-refractivity contribution in [3.63, 3.8) is 0 Å². The molecule has 0 saturated carbocycles. The summed E-state index contributed by atoms with van der Waals surface area (Å²) in [5.74, 6) is 3.22. The summed E-state index contributed by atoms with van der Waals surface area (Å²) >= 11 is 0. The number of benzene rings is 1. The molecular formula is C13H11NO. The summed E-state index contributed by atoms with van der Waals surface area (Å²) in [6.45, 7) is 2.27. The van der Waals surface area contributed by atoms with Crippen LogP contribution in [0.4, 0.5) is 0 Å². The molecule has 0 aliphatic rings. The van der Waals surface area contributed by atoms with Gasteiger partial charge in [0.2, 0.25) is 0 Å². The molecule has 0 saturated heterocycles. The molecule has 0 aliphatic heterocycles. The van der Waals surface area contributed by atoms with E-state index in [2.05, 4.69) is 10.9 Å².